The predicted octanol–water partition coefficient (Wildman–Crippen LogP) is -0.342. The van der Waals surface area contributed by atoms with Crippen LogP contribution < -0.4 is 16.1 Å². The molecule has 3 rings (SSSR count). The first-order valence-electron chi connectivity index (χ1n) is 6.66. The van der Waals surface area contributed by atoms with Gasteiger partial charge in [-0.1, -0.05) is 30.3 Å². The van der Waals surface area contributed by atoms with E-state index >= 15 is 0 Å². The van der Waals surface area contributed by atoms with Crippen molar-refractivity contribution < 1.29 is 8.42 Å². The lowest BCUT2D eigenvalue weighted by Crippen LogP contribution is -2.22. The van der Waals surface area contributed by atoms with Crippen molar-refractivity contribution in [2.45, 2.75) is 11.7 Å². The lowest BCUT2D eigenvalue weighted by Gasteiger charge is -2.05. The Hall–Kier alpha value is -2.72. The standard InChI is InChI=1S/C13H14N6O3S/c1-15-23(21,22)12-17-10(14)9-11(18-12)19(13(20)16-9)7-8-5-3-2-4-6-8/h2-6,15H,7H2,1H3,(H,16,20)(H2,14,17,18). The summed E-state index contributed by atoms with van der Waals surface area (Å²) in [5.74, 6) is -0.104. The summed E-state index contributed by atoms with van der Waals surface area (Å²) in [5.41, 5.74) is 6.53. The zero-order valence-electron chi connectivity index (χ0n) is 12.1. The lowest BCUT2D eigenvalue weighted by atomic mass is 10.2. The van der Waals surface area contributed by atoms with Gasteiger partial charge >= 0.3 is 5.69 Å². The smallest absolute Gasteiger partial charge is 0.328 e. The maximum Gasteiger partial charge on any atom is 0.328 e. The molecule has 120 valence electrons. The quantitative estimate of drug-likeness (QED) is 0.558. The highest BCUT2D eigenvalue weighted by Gasteiger charge is 2.21. The third kappa shape index (κ3) is 2.69. The summed E-state index contributed by atoms with van der Waals surface area (Å²) in [6.45, 7) is 0.231. The van der Waals surface area contributed by atoms with Crippen molar-refractivity contribution in [2.24, 2.45) is 0 Å². The fraction of sp³-hybridized carbons (Fsp3) is 0.154. The second-order valence-corrected chi connectivity index (χ2v) is 6.58. The van der Waals surface area contributed by atoms with Gasteiger partial charge in [0.05, 0.1) is 6.54 Å². The average Bonchev–Trinajstić information content (AvgIpc) is 2.85. The van der Waals surface area contributed by atoms with Gasteiger partial charge in [-0.2, -0.15) is 9.97 Å². The summed E-state index contributed by atoms with van der Waals surface area (Å²) in [7, 11) is -2.63. The molecule has 23 heavy (non-hydrogen) atoms. The number of nitrogens with zero attached hydrogens (tertiary/aromatic N) is 3. The van der Waals surface area contributed by atoms with E-state index in [1.807, 2.05) is 30.3 Å². The summed E-state index contributed by atoms with van der Waals surface area (Å²) in [5, 5.41) is -0.481. The molecule has 0 radical (unpaired) electrons. The number of hydrogen-bond acceptors (Lipinski definition) is 6. The molecule has 0 bridgehead atoms. The lowest BCUT2D eigenvalue weighted by molar-refractivity contribution is 0.579. The minimum absolute atomic E-state index is 0.104. The van der Waals surface area contributed by atoms with Crippen molar-refractivity contribution in [1.29, 1.82) is 0 Å². The molecule has 10 heteroatoms. The highest BCUT2D eigenvalue weighted by molar-refractivity contribution is 7.89. The molecule has 0 unspecified atom stereocenters. The molecule has 2 aromatic heterocycles. The predicted molar refractivity (Wildman–Crippen MR) is 84.4 cm³/mol. The van der Waals surface area contributed by atoms with Gasteiger partial charge in [0.2, 0.25) is 0 Å². The first kappa shape index (κ1) is 15.2. The molecule has 9 nitrogen and oxygen atoms in total. The minimum Gasteiger partial charge on any atom is -0.382 e. The number of aromatic amines is 1. The van der Waals surface area contributed by atoms with E-state index in [4.69, 9.17) is 5.73 Å². The number of hydrogen-bond donors (Lipinski definition) is 3. The molecule has 0 spiro atoms. The van der Waals surface area contributed by atoms with E-state index in [1.165, 1.54) is 11.6 Å². The fourth-order valence-electron chi connectivity index (χ4n) is 2.15. The van der Waals surface area contributed by atoms with Gasteiger partial charge in [0.1, 0.15) is 5.52 Å². The molecule has 0 atom stereocenters. The number of benzene rings is 1. The minimum atomic E-state index is -3.87. The third-order valence-electron chi connectivity index (χ3n) is 3.32. The van der Waals surface area contributed by atoms with Crippen molar-refractivity contribution in [3.8, 4) is 0 Å². The number of rotatable bonds is 4. The van der Waals surface area contributed by atoms with Crippen molar-refractivity contribution in [3.63, 3.8) is 0 Å². The van der Waals surface area contributed by atoms with E-state index in [2.05, 4.69) is 19.7 Å². The Balaban J connectivity index is 2.22. The molecule has 0 saturated heterocycles. The van der Waals surface area contributed by atoms with E-state index in [0.717, 1.165) is 5.56 Å². The van der Waals surface area contributed by atoms with Gasteiger partial charge in [-0.25, -0.2) is 17.9 Å². The van der Waals surface area contributed by atoms with Crippen molar-refractivity contribution in [3.05, 3.63) is 46.4 Å². The van der Waals surface area contributed by atoms with Gasteiger partial charge in [-0.15, -0.1) is 0 Å². The van der Waals surface area contributed by atoms with Gasteiger partial charge < -0.3 is 10.7 Å². The summed E-state index contributed by atoms with van der Waals surface area (Å²) in [6.07, 6.45) is 0. The molecule has 4 N–H and O–H groups in total. The Bertz CT molecular complexity index is 1020. The van der Waals surface area contributed by atoms with Gasteiger partial charge in [-0.3, -0.25) is 4.57 Å². The van der Waals surface area contributed by atoms with Crippen LogP contribution in [-0.2, 0) is 16.6 Å². The van der Waals surface area contributed by atoms with Crippen molar-refractivity contribution in [1.82, 2.24) is 24.2 Å². The van der Waals surface area contributed by atoms with Crippen LogP contribution in [0.4, 0.5) is 5.82 Å². The van der Waals surface area contributed by atoms with Crippen LogP contribution >= 0.6 is 0 Å². The van der Waals surface area contributed by atoms with E-state index in [9.17, 15) is 13.2 Å². The molecule has 0 saturated carbocycles. The summed E-state index contributed by atoms with van der Waals surface area (Å²) < 4.78 is 27.2. The number of nitrogens with two attached hydrogens (primary N) is 1. The SMILES string of the molecule is CNS(=O)(=O)c1nc(N)c2[nH]c(=O)n(Cc3ccccc3)c2n1. The number of sulfonamides is 1. The highest BCUT2D eigenvalue weighted by Crippen LogP contribution is 2.17. The van der Waals surface area contributed by atoms with Crippen LogP contribution in [0.25, 0.3) is 11.2 Å². The van der Waals surface area contributed by atoms with Gasteiger partial charge in [0.25, 0.3) is 15.2 Å². The Morgan fingerprint density at radius 2 is 1.96 bits per heavy atom. The number of imidazole rings is 1. The molecule has 0 aliphatic carbocycles. The summed E-state index contributed by atoms with van der Waals surface area (Å²) in [4.78, 5) is 22.4. The van der Waals surface area contributed by atoms with Gasteiger partial charge in [0, 0.05) is 0 Å². The Morgan fingerprint density at radius 3 is 2.61 bits per heavy atom. The van der Waals surface area contributed by atoms with Crippen molar-refractivity contribution >= 4 is 27.0 Å². The first-order valence-corrected chi connectivity index (χ1v) is 8.14. The van der Waals surface area contributed by atoms with Crippen LogP contribution in [0.1, 0.15) is 5.56 Å². The normalized spacial score (nSPS) is 11.9. The monoisotopic (exact) mass is 334 g/mol. The molecule has 1 aromatic carbocycles. The maximum atomic E-state index is 12.1. The topological polar surface area (TPSA) is 136 Å². The first-order chi connectivity index (χ1) is 10.9. The largest absolute Gasteiger partial charge is 0.382 e. The van der Waals surface area contributed by atoms with Gasteiger partial charge in [-0.05, 0) is 12.6 Å². The highest BCUT2D eigenvalue weighted by atomic mass is 32.2. The second-order valence-electron chi connectivity index (χ2n) is 4.80. The Morgan fingerprint density at radius 1 is 1.26 bits per heavy atom. The van der Waals surface area contributed by atoms with E-state index in [-0.39, 0.29) is 23.5 Å². The molecule has 3 aromatic rings. The van der Waals surface area contributed by atoms with Crippen LogP contribution in [0, 0.1) is 0 Å². The molecule has 0 aliphatic heterocycles. The van der Waals surface area contributed by atoms with Crippen LogP contribution in [0.3, 0.4) is 0 Å². The maximum absolute atomic E-state index is 12.1. The number of nitrogen functional groups attached to an aromatic ring is 1. The van der Waals surface area contributed by atoms with E-state index < -0.39 is 20.9 Å². The molecule has 0 aliphatic rings. The average molecular weight is 334 g/mol. The molecule has 0 amide bonds. The molecule has 0 fully saturated rings. The third-order valence-corrected chi connectivity index (χ3v) is 4.52. The van der Waals surface area contributed by atoms with Crippen molar-refractivity contribution in [2.75, 3.05) is 12.8 Å². The Labute approximate surface area is 131 Å². The number of anilines is 1. The molecular formula is C13H14N6O3S. The number of aromatic nitrogens is 4. The molecular weight excluding hydrogens is 320 g/mol. The van der Waals surface area contributed by atoms with E-state index in [0.29, 0.717) is 0 Å². The summed E-state index contributed by atoms with van der Waals surface area (Å²) in [6, 6.07) is 9.24. The zero-order valence-corrected chi connectivity index (χ0v) is 13.0. The van der Waals surface area contributed by atoms with Crippen LogP contribution in [0.5, 0.6) is 0 Å². The molecule has 2 heterocycles. The van der Waals surface area contributed by atoms with Crippen LogP contribution in [-0.4, -0.2) is 35.0 Å². The zero-order chi connectivity index (χ0) is 16.6. The number of nitrogens with one attached hydrogen (secondary N) is 2. The van der Waals surface area contributed by atoms with Crippen LogP contribution in [0.15, 0.2) is 40.3 Å². The Kier molecular flexibility index (Phi) is 3.62. The number of H-pyrrole nitrogens is 1. The number of fused-ring (bicyclic) bond motifs is 1. The fourth-order valence-corrected chi connectivity index (χ4v) is 2.76. The second kappa shape index (κ2) is 5.48. The van der Waals surface area contributed by atoms with Crippen LogP contribution in [0.2, 0.25) is 0 Å². The van der Waals surface area contributed by atoms with Gasteiger partial charge in [0.15, 0.2) is 11.5 Å². The summed E-state index contributed by atoms with van der Waals surface area (Å²) >= 11 is 0. The van der Waals surface area contributed by atoms with E-state index in [1.54, 1.807) is 0 Å².